The molecule has 0 aliphatic heterocycles. The van der Waals surface area contributed by atoms with Gasteiger partial charge in [0.25, 0.3) is 0 Å². The van der Waals surface area contributed by atoms with Crippen LogP contribution in [0.5, 0.6) is 0 Å². The molecule has 1 fully saturated rings. The van der Waals surface area contributed by atoms with E-state index in [1.54, 1.807) is 0 Å². The van der Waals surface area contributed by atoms with Crippen LogP contribution in [0.2, 0.25) is 0 Å². The van der Waals surface area contributed by atoms with Crippen LogP contribution < -0.4 is 5.32 Å². The maximum absolute atomic E-state index is 10.1. The van der Waals surface area contributed by atoms with Crippen molar-refractivity contribution in [2.45, 2.75) is 58.7 Å². The maximum atomic E-state index is 10.1. The van der Waals surface area contributed by atoms with E-state index in [2.05, 4.69) is 44.3 Å². The summed E-state index contributed by atoms with van der Waals surface area (Å²) in [5, 5.41) is 13.4. The molecule has 0 bridgehead atoms. The second kappa shape index (κ2) is 7.81. The normalized spacial score (nSPS) is 23.8. The molecular weight excluding hydrogens is 262 g/mol. The minimum absolute atomic E-state index is 0.344. The van der Waals surface area contributed by atoms with Gasteiger partial charge in [-0.1, -0.05) is 24.6 Å². The largest absolute Gasteiger partial charge is 0.389 e. The van der Waals surface area contributed by atoms with Crippen LogP contribution >= 0.6 is 0 Å². The van der Waals surface area contributed by atoms with Crippen molar-refractivity contribution >= 4 is 5.69 Å². The molecule has 0 spiro atoms. The lowest BCUT2D eigenvalue weighted by Crippen LogP contribution is -2.29. The molecule has 2 rings (SSSR count). The highest BCUT2D eigenvalue weighted by atomic mass is 16.5. The second-order valence-electron chi connectivity index (χ2n) is 6.57. The highest BCUT2D eigenvalue weighted by molar-refractivity contribution is 5.51. The first-order chi connectivity index (χ1) is 10.0. The number of nitrogens with one attached hydrogen (secondary N) is 1. The van der Waals surface area contributed by atoms with Crippen molar-refractivity contribution in [1.29, 1.82) is 0 Å². The molecule has 0 saturated heterocycles. The fourth-order valence-corrected chi connectivity index (χ4v) is 2.94. The van der Waals surface area contributed by atoms with Gasteiger partial charge >= 0.3 is 0 Å². The Balaban J connectivity index is 1.68. The first-order valence-electron chi connectivity index (χ1n) is 8.15. The van der Waals surface area contributed by atoms with E-state index in [0.717, 1.165) is 24.4 Å². The van der Waals surface area contributed by atoms with Gasteiger partial charge < -0.3 is 15.2 Å². The van der Waals surface area contributed by atoms with Crippen LogP contribution in [0.1, 0.15) is 43.7 Å². The zero-order valence-corrected chi connectivity index (χ0v) is 13.6. The van der Waals surface area contributed by atoms with E-state index < -0.39 is 6.10 Å². The van der Waals surface area contributed by atoms with Crippen molar-refractivity contribution in [1.82, 2.24) is 0 Å². The summed E-state index contributed by atoms with van der Waals surface area (Å²) in [7, 11) is 0. The van der Waals surface area contributed by atoms with Crippen LogP contribution in [0.25, 0.3) is 0 Å². The molecule has 0 amide bonds. The van der Waals surface area contributed by atoms with E-state index in [-0.39, 0.29) is 0 Å². The molecular formula is C18H29NO2. The predicted molar refractivity (Wildman–Crippen MR) is 87.8 cm³/mol. The average molecular weight is 291 g/mol. The number of aryl methyl sites for hydroxylation is 2. The fraction of sp³-hybridized carbons (Fsp3) is 0.667. The van der Waals surface area contributed by atoms with E-state index in [0.29, 0.717) is 19.3 Å². The Hall–Kier alpha value is -1.06. The van der Waals surface area contributed by atoms with Gasteiger partial charge in [0, 0.05) is 12.2 Å². The number of aliphatic hydroxyl groups excluding tert-OH is 1. The number of benzene rings is 1. The van der Waals surface area contributed by atoms with Gasteiger partial charge in [-0.15, -0.1) is 0 Å². The van der Waals surface area contributed by atoms with Crippen molar-refractivity contribution in [3.8, 4) is 0 Å². The molecule has 3 heteroatoms. The summed E-state index contributed by atoms with van der Waals surface area (Å²) in [5.74, 6) is 0.834. The number of rotatable bonds is 6. The first kappa shape index (κ1) is 16.3. The Morgan fingerprint density at radius 2 is 1.95 bits per heavy atom. The Morgan fingerprint density at radius 1 is 1.24 bits per heavy atom. The zero-order chi connectivity index (χ0) is 15.2. The smallest absolute Gasteiger partial charge is 0.0945 e. The molecule has 118 valence electrons. The van der Waals surface area contributed by atoms with Crippen LogP contribution in [-0.4, -0.2) is 30.5 Å². The first-order valence-corrected chi connectivity index (χ1v) is 8.15. The van der Waals surface area contributed by atoms with Crippen molar-refractivity contribution in [3.05, 3.63) is 29.3 Å². The fourth-order valence-electron chi connectivity index (χ4n) is 2.94. The van der Waals surface area contributed by atoms with Crippen molar-refractivity contribution < 1.29 is 9.84 Å². The van der Waals surface area contributed by atoms with Gasteiger partial charge in [0.1, 0.15) is 0 Å². The van der Waals surface area contributed by atoms with Gasteiger partial charge in [0.2, 0.25) is 0 Å². The summed E-state index contributed by atoms with van der Waals surface area (Å²) in [6, 6.07) is 6.30. The molecule has 1 aromatic rings. The summed E-state index contributed by atoms with van der Waals surface area (Å²) in [6.07, 6.45) is 4.67. The van der Waals surface area contributed by atoms with Crippen LogP contribution in [-0.2, 0) is 4.74 Å². The van der Waals surface area contributed by atoms with Gasteiger partial charge in [-0.05, 0) is 57.1 Å². The summed E-state index contributed by atoms with van der Waals surface area (Å²) < 4.78 is 5.84. The molecule has 0 heterocycles. The Labute approximate surface area is 128 Å². The monoisotopic (exact) mass is 291 g/mol. The van der Waals surface area contributed by atoms with Crippen LogP contribution in [0.4, 0.5) is 5.69 Å². The highest BCUT2D eigenvalue weighted by Crippen LogP contribution is 2.25. The number of anilines is 1. The van der Waals surface area contributed by atoms with Crippen LogP contribution in [0.15, 0.2) is 18.2 Å². The molecule has 0 radical (unpaired) electrons. The van der Waals surface area contributed by atoms with Crippen molar-refractivity contribution in [3.63, 3.8) is 0 Å². The zero-order valence-electron chi connectivity index (χ0n) is 13.6. The molecule has 3 nitrogen and oxygen atoms in total. The lowest BCUT2D eigenvalue weighted by atomic mass is 9.89. The molecule has 1 saturated carbocycles. The average Bonchev–Trinajstić information content (AvgIpc) is 2.46. The van der Waals surface area contributed by atoms with Gasteiger partial charge in [-0.25, -0.2) is 0 Å². The summed E-state index contributed by atoms with van der Waals surface area (Å²) >= 11 is 0. The Bertz CT molecular complexity index is 439. The van der Waals surface area contributed by atoms with E-state index in [9.17, 15) is 5.11 Å². The van der Waals surface area contributed by atoms with Crippen LogP contribution in [0.3, 0.4) is 0 Å². The number of ether oxygens (including phenoxy) is 1. The molecule has 2 N–H and O–H groups in total. The molecule has 1 unspecified atom stereocenters. The summed E-state index contributed by atoms with van der Waals surface area (Å²) in [6.45, 7) is 7.44. The van der Waals surface area contributed by atoms with E-state index in [1.807, 2.05) is 0 Å². The minimum atomic E-state index is -0.454. The summed E-state index contributed by atoms with van der Waals surface area (Å²) in [4.78, 5) is 0. The third-order valence-electron chi connectivity index (χ3n) is 4.40. The highest BCUT2D eigenvalue weighted by Gasteiger charge is 2.19. The van der Waals surface area contributed by atoms with Crippen molar-refractivity contribution in [2.24, 2.45) is 5.92 Å². The van der Waals surface area contributed by atoms with E-state index in [4.69, 9.17) is 4.74 Å². The molecule has 21 heavy (non-hydrogen) atoms. The summed E-state index contributed by atoms with van der Waals surface area (Å²) in [5.41, 5.74) is 3.56. The lowest BCUT2D eigenvalue weighted by molar-refractivity contribution is -0.0245. The number of hydrogen-bond donors (Lipinski definition) is 2. The van der Waals surface area contributed by atoms with Crippen LogP contribution in [0, 0.1) is 19.8 Å². The third-order valence-corrected chi connectivity index (χ3v) is 4.40. The number of aliphatic hydroxyl groups is 1. The minimum Gasteiger partial charge on any atom is -0.389 e. The maximum Gasteiger partial charge on any atom is 0.0945 e. The Morgan fingerprint density at radius 3 is 2.62 bits per heavy atom. The standard InChI is InChI=1S/C18H29NO2/c1-13-4-7-17(8-5-13)21-12-16(20)11-19-18-9-6-14(2)10-15(18)3/h6,9-10,13,16-17,19-20H,4-5,7-8,11-12H2,1-3H3. The molecule has 1 aromatic carbocycles. The third kappa shape index (κ3) is 5.33. The van der Waals surface area contributed by atoms with Gasteiger partial charge in [-0.3, -0.25) is 0 Å². The second-order valence-corrected chi connectivity index (χ2v) is 6.57. The van der Waals surface area contributed by atoms with Gasteiger partial charge in [0.05, 0.1) is 18.8 Å². The van der Waals surface area contributed by atoms with Gasteiger partial charge in [0.15, 0.2) is 0 Å². The molecule has 0 aromatic heterocycles. The topological polar surface area (TPSA) is 41.5 Å². The quantitative estimate of drug-likeness (QED) is 0.840. The number of hydrogen-bond acceptors (Lipinski definition) is 3. The molecule has 1 aliphatic rings. The van der Waals surface area contributed by atoms with E-state index in [1.165, 1.54) is 24.0 Å². The lowest BCUT2D eigenvalue weighted by Gasteiger charge is -2.27. The SMILES string of the molecule is Cc1ccc(NCC(O)COC2CCC(C)CC2)c(C)c1. The Kier molecular flexibility index (Phi) is 6.07. The van der Waals surface area contributed by atoms with E-state index >= 15 is 0 Å². The van der Waals surface area contributed by atoms with Crippen molar-refractivity contribution in [2.75, 3.05) is 18.5 Å². The molecule has 1 atom stereocenters. The molecule has 1 aliphatic carbocycles. The van der Waals surface area contributed by atoms with Gasteiger partial charge in [-0.2, -0.15) is 0 Å². The predicted octanol–water partition coefficient (Wildman–Crippen LogP) is 3.67.